The minimum atomic E-state index is -5.02. The number of hydrogen-bond donors (Lipinski definition) is 7. The molecule has 67 heavy (non-hydrogen) atoms. The molecule has 0 bridgehead atoms. The fourth-order valence-corrected chi connectivity index (χ4v) is 12.0. The first kappa shape index (κ1) is 50.1. The van der Waals surface area contributed by atoms with Gasteiger partial charge < -0.3 is 45.4 Å². The molecule has 0 spiro atoms. The Balaban J connectivity index is 1.04. The number of rotatable bonds is 18. The van der Waals surface area contributed by atoms with E-state index in [-0.39, 0.29) is 67.2 Å². The van der Waals surface area contributed by atoms with E-state index in [1.165, 1.54) is 5.57 Å². The van der Waals surface area contributed by atoms with Crippen molar-refractivity contribution < 1.29 is 62.5 Å². The van der Waals surface area contributed by atoms with Crippen LogP contribution < -0.4 is 16.0 Å². The van der Waals surface area contributed by atoms with Crippen molar-refractivity contribution in [1.29, 1.82) is 0 Å². The van der Waals surface area contributed by atoms with E-state index in [0.717, 1.165) is 36.0 Å². The highest BCUT2D eigenvalue weighted by Crippen LogP contribution is 2.70. The normalized spacial score (nSPS) is 31.0. The van der Waals surface area contributed by atoms with E-state index in [9.17, 15) is 48.5 Å². The van der Waals surface area contributed by atoms with Crippen molar-refractivity contribution in [1.82, 2.24) is 10.6 Å². The number of phosphoric ester groups is 1. The number of hydrogen-bond acceptors (Lipinski definition) is 10. The highest BCUT2D eigenvalue weighted by molar-refractivity contribution is 7.46. The Bertz CT molecular complexity index is 2380. The van der Waals surface area contributed by atoms with Crippen LogP contribution >= 0.6 is 7.82 Å². The van der Waals surface area contributed by atoms with Crippen LogP contribution in [0.5, 0.6) is 0 Å². The Morgan fingerprint density at radius 3 is 2.48 bits per heavy atom. The quantitative estimate of drug-likeness (QED) is 0.0823. The fourth-order valence-electron chi connectivity index (χ4n) is 11.7. The number of ketones is 1. The Morgan fingerprint density at radius 2 is 1.79 bits per heavy atom. The molecule has 11 atom stereocenters. The van der Waals surface area contributed by atoms with Gasteiger partial charge in [-0.25, -0.2) is 4.57 Å². The van der Waals surface area contributed by atoms with Crippen molar-refractivity contribution in [2.24, 2.45) is 34.5 Å². The van der Waals surface area contributed by atoms with Crippen LogP contribution in [0.4, 0.5) is 5.69 Å². The van der Waals surface area contributed by atoms with Crippen LogP contribution in [0.15, 0.2) is 84.0 Å². The molecule has 3 amide bonds. The largest absolute Gasteiger partial charge is 0.481 e. The predicted molar refractivity (Wildman–Crippen MR) is 247 cm³/mol. The first-order valence-electron chi connectivity index (χ1n) is 23.3. The minimum absolute atomic E-state index is 0.0198. The number of anilines is 1. The summed E-state index contributed by atoms with van der Waals surface area (Å²) in [5.74, 6) is -3.36. The number of aliphatic hydroxyl groups excluding tert-OH is 1. The molecule has 5 aliphatic rings. The number of phosphoric acid groups is 1. The maximum atomic E-state index is 14.5. The molecule has 3 saturated carbocycles. The highest BCUT2D eigenvalue weighted by atomic mass is 31.2. The Hall–Kier alpha value is -4.80. The molecule has 1 saturated heterocycles. The van der Waals surface area contributed by atoms with Crippen LogP contribution in [-0.2, 0) is 49.0 Å². The van der Waals surface area contributed by atoms with Crippen molar-refractivity contribution in [3.05, 3.63) is 101 Å². The van der Waals surface area contributed by atoms with Gasteiger partial charge in [-0.3, -0.25) is 28.5 Å². The number of carboxylic acids is 1. The molecule has 1 unspecified atom stereocenters. The van der Waals surface area contributed by atoms with E-state index in [2.05, 4.69) is 47.2 Å². The highest BCUT2D eigenvalue weighted by Gasteiger charge is 2.76. The lowest BCUT2D eigenvalue weighted by molar-refractivity contribution is -0.200. The number of benzene rings is 2. The van der Waals surface area contributed by atoms with Gasteiger partial charge in [0.1, 0.15) is 12.6 Å². The van der Waals surface area contributed by atoms with Gasteiger partial charge in [-0.05, 0) is 92.0 Å². The molecule has 362 valence electrons. The first-order valence-corrected chi connectivity index (χ1v) is 24.8. The van der Waals surface area contributed by atoms with Crippen LogP contribution in [0.25, 0.3) is 0 Å². The number of carbonyl (C=O) groups excluding carboxylic acids is 4. The SMILES string of the molecule is C/C=C1\C=C[C@@]2(C)C(=C1)CC[C@@H]1[C@@H]2[C@@H](O)C[C@@]2(C)[C@H]1C[C@H]1O[C@@H](c3ccc(Cc4cccc(NC(=O)[C@H](CCC(=O)O)NC(=O)CNC(=O)CC(C)CC)c4)cc3)O[C@]12C(=O)COP(=O)(O)O. The van der Waals surface area contributed by atoms with Crippen molar-refractivity contribution in [2.75, 3.05) is 18.5 Å². The maximum Gasteiger partial charge on any atom is 0.470 e. The van der Waals surface area contributed by atoms with Crippen molar-refractivity contribution in [3.63, 3.8) is 0 Å². The Kier molecular flexibility index (Phi) is 15.0. The zero-order chi connectivity index (χ0) is 48.5. The third kappa shape index (κ3) is 10.5. The lowest BCUT2D eigenvalue weighted by atomic mass is 9.46. The molecule has 2 aromatic carbocycles. The standard InChI is InChI=1S/C50H64N3O13P/c1-6-29(3)21-42(56)51-27-43(57)53-38(17-18-44(58)59)46(60)52-35-10-8-9-32(24-35)22-31-11-13-33(14-12-31)47-65-41-25-37-36-16-15-34-23-30(7-2)19-20-48(34,4)45(36)39(54)26-49(37,5)50(41,66-47)40(55)28-64-67(61,62)63/h7-14,19-20,23-24,29,36-39,41,45,47,54H,6,15-18,21-22,25-28H2,1-5H3,(H,51,56)(H,52,60)(H,53,57)(H,58,59)(H2,61,62,63)/b30-7+/t29?,36-,37-,38-,39-,41+,45+,47+,48-,49-,50+/m0/s1. The molecule has 0 radical (unpaired) electrons. The number of aliphatic hydroxyl groups is 1. The van der Waals surface area contributed by atoms with Gasteiger partial charge in [-0.1, -0.05) is 100 Å². The van der Waals surface area contributed by atoms with Crippen molar-refractivity contribution in [3.8, 4) is 0 Å². The summed E-state index contributed by atoms with van der Waals surface area (Å²) in [5.41, 5.74) is 2.17. The number of amides is 3. The summed E-state index contributed by atoms with van der Waals surface area (Å²) in [7, 11) is -5.02. The number of fused-ring (bicyclic) bond motifs is 7. The van der Waals surface area contributed by atoms with Crippen LogP contribution in [0, 0.1) is 34.5 Å². The van der Waals surface area contributed by atoms with Crippen LogP contribution in [0.2, 0.25) is 0 Å². The molecule has 2 aromatic rings. The molecular formula is C50H64N3O13P. The summed E-state index contributed by atoms with van der Waals surface area (Å²) in [6.07, 6.45) is 9.29. The molecule has 1 heterocycles. The van der Waals surface area contributed by atoms with Gasteiger partial charge >= 0.3 is 13.8 Å². The molecule has 17 heteroatoms. The molecule has 7 rings (SSSR count). The second-order valence-corrected chi connectivity index (χ2v) is 20.7. The molecular weight excluding hydrogens is 882 g/mol. The van der Waals surface area contributed by atoms with Crippen molar-refractivity contribution in [2.45, 2.75) is 123 Å². The third-order valence-corrected chi connectivity index (χ3v) is 15.7. The van der Waals surface area contributed by atoms with E-state index in [0.29, 0.717) is 24.1 Å². The predicted octanol–water partition coefficient (Wildman–Crippen LogP) is 6.21. The molecule has 16 nitrogen and oxygen atoms in total. The monoisotopic (exact) mass is 945 g/mol. The van der Waals surface area contributed by atoms with Gasteiger partial charge in [0.15, 0.2) is 17.7 Å². The average Bonchev–Trinajstić information content (AvgIpc) is 3.78. The Morgan fingerprint density at radius 1 is 1.04 bits per heavy atom. The van der Waals surface area contributed by atoms with Crippen molar-refractivity contribution >= 4 is 43.0 Å². The van der Waals surface area contributed by atoms with Gasteiger partial charge in [-0.2, -0.15) is 0 Å². The second-order valence-electron chi connectivity index (χ2n) is 19.5. The molecule has 0 aromatic heterocycles. The number of allylic oxidation sites excluding steroid dienone is 6. The topological polar surface area (TPSA) is 247 Å². The average molecular weight is 946 g/mol. The number of nitrogens with one attached hydrogen (secondary N) is 3. The van der Waals surface area contributed by atoms with Gasteiger partial charge in [-0.15, -0.1) is 0 Å². The second kappa shape index (κ2) is 20.0. The van der Waals surface area contributed by atoms with Gasteiger partial charge in [0.05, 0.1) is 18.8 Å². The molecule has 4 aliphatic carbocycles. The molecule has 7 N–H and O–H groups in total. The summed E-state index contributed by atoms with van der Waals surface area (Å²) in [5, 5.41) is 29.3. The van der Waals surface area contributed by atoms with Gasteiger partial charge in [0.2, 0.25) is 17.7 Å². The molecule has 4 fully saturated rings. The summed E-state index contributed by atoms with van der Waals surface area (Å²) in [6, 6.07) is 13.3. The Labute approximate surface area is 391 Å². The number of Topliss-reactive ketones (excluding diaryl/α,β-unsaturated/α-hetero) is 1. The number of carboxylic acid groups (broad SMARTS) is 1. The van der Waals surface area contributed by atoms with Crippen LogP contribution in [-0.4, -0.2) is 86.5 Å². The number of aliphatic carboxylic acids is 1. The maximum absolute atomic E-state index is 14.5. The third-order valence-electron chi connectivity index (χ3n) is 15.2. The summed E-state index contributed by atoms with van der Waals surface area (Å²) in [4.78, 5) is 83.4. The van der Waals surface area contributed by atoms with Gasteiger partial charge in [0, 0.05) is 40.8 Å². The minimum Gasteiger partial charge on any atom is -0.481 e. The van der Waals surface area contributed by atoms with Gasteiger partial charge in [0.25, 0.3) is 0 Å². The van der Waals surface area contributed by atoms with E-state index in [4.69, 9.17) is 14.0 Å². The number of carbonyl (C=O) groups is 5. The number of ether oxygens (including phenoxy) is 2. The lowest BCUT2D eigenvalue weighted by Crippen LogP contribution is -2.63. The van der Waals surface area contributed by atoms with Crippen LogP contribution in [0.3, 0.4) is 0 Å². The van der Waals surface area contributed by atoms with Crippen LogP contribution in [0.1, 0.15) is 109 Å². The first-order chi connectivity index (χ1) is 31.7. The van der Waals surface area contributed by atoms with E-state index < -0.39 is 73.6 Å². The zero-order valence-electron chi connectivity index (χ0n) is 38.7. The fraction of sp³-hybridized carbons (Fsp3) is 0.540. The van der Waals surface area contributed by atoms with E-state index in [1.54, 1.807) is 18.2 Å². The zero-order valence-corrected chi connectivity index (χ0v) is 39.6. The summed E-state index contributed by atoms with van der Waals surface area (Å²) in [6.45, 7) is 8.77. The van der Waals surface area contributed by atoms with E-state index >= 15 is 0 Å². The summed E-state index contributed by atoms with van der Waals surface area (Å²) >= 11 is 0. The molecule has 1 aliphatic heterocycles. The smallest absolute Gasteiger partial charge is 0.470 e. The summed E-state index contributed by atoms with van der Waals surface area (Å²) < 4.78 is 30.2. The lowest BCUT2D eigenvalue weighted by Gasteiger charge is -2.60. The van der Waals surface area contributed by atoms with E-state index in [1.807, 2.05) is 58.0 Å².